The Morgan fingerprint density at radius 1 is 1.38 bits per heavy atom. The number of hydrogen-bond acceptors (Lipinski definition) is 4. The normalized spacial score (nSPS) is 26.3. The van der Waals surface area contributed by atoms with Crippen molar-refractivity contribution in [1.29, 1.82) is 0 Å². The topological polar surface area (TPSA) is 87.3 Å². The van der Waals surface area contributed by atoms with Crippen molar-refractivity contribution in [2.75, 3.05) is 13.1 Å². The highest BCUT2D eigenvalue weighted by atomic mass is 19.1. The number of ether oxygens (including phenoxy) is 1. The van der Waals surface area contributed by atoms with Gasteiger partial charge in [0.25, 0.3) is 5.91 Å². The van der Waals surface area contributed by atoms with Gasteiger partial charge in [0.05, 0.1) is 6.20 Å². The average molecular weight is 338 g/mol. The van der Waals surface area contributed by atoms with Gasteiger partial charge in [-0.1, -0.05) is 0 Å². The number of alkyl carbamates (subject to hydrolysis) is 1. The molecule has 8 heteroatoms. The van der Waals surface area contributed by atoms with Crippen LogP contribution in [0, 0.1) is 17.7 Å². The third kappa shape index (κ3) is 3.37. The number of aromatic nitrogens is 2. The summed E-state index contributed by atoms with van der Waals surface area (Å²) in [5.74, 6) is -0.525. The summed E-state index contributed by atoms with van der Waals surface area (Å²) in [4.78, 5) is 26.0. The molecule has 2 fully saturated rings. The lowest BCUT2D eigenvalue weighted by molar-refractivity contribution is 0.0491. The van der Waals surface area contributed by atoms with Gasteiger partial charge in [-0.2, -0.15) is 5.10 Å². The molecular weight excluding hydrogens is 315 g/mol. The first kappa shape index (κ1) is 16.7. The van der Waals surface area contributed by atoms with Gasteiger partial charge in [-0.25, -0.2) is 9.18 Å². The van der Waals surface area contributed by atoms with Gasteiger partial charge in [-0.3, -0.25) is 9.89 Å². The number of hydrogen-bond donors (Lipinski definition) is 2. The molecule has 3 atom stereocenters. The molecule has 0 spiro atoms. The Bertz CT molecular complexity index is 640. The van der Waals surface area contributed by atoms with Crippen molar-refractivity contribution in [3.8, 4) is 0 Å². The highest BCUT2D eigenvalue weighted by Crippen LogP contribution is 2.38. The van der Waals surface area contributed by atoms with Gasteiger partial charge in [-0.05, 0) is 39.5 Å². The number of carbonyl (C=O) groups excluding carboxylic acids is 2. The zero-order valence-electron chi connectivity index (χ0n) is 14.1. The molecule has 1 saturated carbocycles. The van der Waals surface area contributed by atoms with Gasteiger partial charge in [0.15, 0.2) is 11.5 Å². The molecule has 0 bridgehead atoms. The standard InChI is InChI=1S/C16H23FN4O3/c1-16(2,3)24-15(23)19-12-5-4-9-7-21(8-10(9)12)14(22)13-11(17)6-18-20-13/h6,9-10,12H,4-5,7-8H2,1-3H3,(H,18,20)(H,19,23)/t9-,10-,12+/m0/s1. The average Bonchev–Trinajstić information content (AvgIpc) is 3.13. The summed E-state index contributed by atoms with van der Waals surface area (Å²) in [5, 5.41) is 8.88. The molecule has 132 valence electrons. The lowest BCUT2D eigenvalue weighted by Gasteiger charge is -2.24. The summed E-state index contributed by atoms with van der Waals surface area (Å²) in [5.41, 5.74) is -0.649. The number of halogens is 1. The first-order chi connectivity index (χ1) is 11.2. The first-order valence-corrected chi connectivity index (χ1v) is 8.22. The van der Waals surface area contributed by atoms with Crippen LogP contribution in [0.2, 0.25) is 0 Å². The van der Waals surface area contributed by atoms with E-state index in [1.54, 1.807) is 4.90 Å². The SMILES string of the molecule is CC(C)(C)OC(=O)N[C@@H]1CC[C@H]2CN(C(=O)c3[nH]ncc3F)C[C@@H]21. The van der Waals surface area contributed by atoms with Crippen LogP contribution in [-0.4, -0.2) is 51.8 Å². The number of carbonyl (C=O) groups is 2. The Morgan fingerprint density at radius 3 is 2.75 bits per heavy atom. The van der Waals surface area contributed by atoms with Crippen molar-refractivity contribution in [2.45, 2.75) is 45.3 Å². The molecule has 24 heavy (non-hydrogen) atoms. The number of likely N-dealkylation sites (tertiary alicyclic amines) is 1. The maximum atomic E-state index is 13.5. The number of fused-ring (bicyclic) bond motifs is 1. The Balaban J connectivity index is 1.61. The van der Waals surface area contributed by atoms with Crippen molar-refractivity contribution in [2.24, 2.45) is 11.8 Å². The number of amides is 2. The molecule has 2 N–H and O–H groups in total. The minimum absolute atomic E-state index is 0.0192. The minimum Gasteiger partial charge on any atom is -0.444 e. The largest absolute Gasteiger partial charge is 0.444 e. The quantitative estimate of drug-likeness (QED) is 0.862. The first-order valence-electron chi connectivity index (χ1n) is 8.22. The van der Waals surface area contributed by atoms with E-state index in [1.807, 2.05) is 20.8 Å². The summed E-state index contributed by atoms with van der Waals surface area (Å²) in [7, 11) is 0. The van der Waals surface area contributed by atoms with Gasteiger partial charge >= 0.3 is 6.09 Å². The Morgan fingerprint density at radius 2 is 2.12 bits per heavy atom. The number of aromatic amines is 1. The predicted octanol–water partition coefficient (Wildman–Crippen LogP) is 1.92. The molecule has 2 amide bonds. The molecule has 1 saturated heterocycles. The number of nitrogens with zero attached hydrogens (tertiary/aromatic N) is 2. The number of nitrogens with one attached hydrogen (secondary N) is 2. The lowest BCUT2D eigenvalue weighted by Crippen LogP contribution is -2.42. The summed E-state index contributed by atoms with van der Waals surface area (Å²) in [6.07, 6.45) is 2.37. The van der Waals surface area contributed by atoms with Crippen LogP contribution in [0.15, 0.2) is 6.20 Å². The van der Waals surface area contributed by atoms with Crippen LogP contribution >= 0.6 is 0 Å². The van der Waals surface area contributed by atoms with Crippen LogP contribution in [0.25, 0.3) is 0 Å². The van der Waals surface area contributed by atoms with E-state index >= 15 is 0 Å². The maximum Gasteiger partial charge on any atom is 0.407 e. The van der Waals surface area contributed by atoms with E-state index in [0.717, 1.165) is 19.0 Å². The molecular formula is C16H23FN4O3. The molecule has 1 aromatic heterocycles. The maximum absolute atomic E-state index is 13.5. The van der Waals surface area contributed by atoms with Crippen LogP contribution in [0.4, 0.5) is 9.18 Å². The molecule has 7 nitrogen and oxygen atoms in total. The van der Waals surface area contributed by atoms with E-state index in [-0.39, 0.29) is 23.6 Å². The smallest absolute Gasteiger partial charge is 0.407 e. The zero-order chi connectivity index (χ0) is 17.5. The lowest BCUT2D eigenvalue weighted by atomic mass is 9.98. The molecule has 2 aliphatic rings. The molecule has 1 aliphatic heterocycles. The van der Waals surface area contributed by atoms with Gasteiger partial charge in [-0.15, -0.1) is 0 Å². The van der Waals surface area contributed by atoms with Crippen LogP contribution in [0.1, 0.15) is 44.1 Å². The van der Waals surface area contributed by atoms with Crippen molar-refractivity contribution in [3.63, 3.8) is 0 Å². The molecule has 1 aromatic rings. The third-order valence-corrected chi connectivity index (χ3v) is 4.65. The predicted molar refractivity (Wildman–Crippen MR) is 83.8 cm³/mol. The van der Waals surface area contributed by atoms with E-state index < -0.39 is 17.5 Å². The zero-order valence-corrected chi connectivity index (χ0v) is 14.1. The summed E-state index contributed by atoms with van der Waals surface area (Å²) in [6, 6.07) is -0.0192. The second kappa shape index (κ2) is 6.07. The molecule has 0 unspecified atom stereocenters. The fraction of sp³-hybridized carbons (Fsp3) is 0.688. The highest BCUT2D eigenvalue weighted by Gasteiger charge is 2.45. The van der Waals surface area contributed by atoms with Gasteiger partial charge in [0, 0.05) is 25.0 Å². The fourth-order valence-electron chi connectivity index (χ4n) is 3.65. The van der Waals surface area contributed by atoms with Gasteiger partial charge < -0.3 is 15.0 Å². The Kier molecular flexibility index (Phi) is 4.23. The van der Waals surface area contributed by atoms with Crippen molar-refractivity contribution >= 4 is 12.0 Å². The summed E-state index contributed by atoms with van der Waals surface area (Å²) < 4.78 is 18.8. The van der Waals surface area contributed by atoms with Gasteiger partial charge in [0.2, 0.25) is 0 Å². The van der Waals surface area contributed by atoms with E-state index in [0.29, 0.717) is 19.0 Å². The van der Waals surface area contributed by atoms with E-state index in [1.165, 1.54) is 0 Å². The van der Waals surface area contributed by atoms with Crippen LogP contribution in [0.3, 0.4) is 0 Å². The van der Waals surface area contributed by atoms with Crippen LogP contribution < -0.4 is 5.32 Å². The van der Waals surface area contributed by atoms with Gasteiger partial charge in [0.1, 0.15) is 5.60 Å². The highest BCUT2D eigenvalue weighted by molar-refractivity contribution is 5.92. The van der Waals surface area contributed by atoms with Crippen molar-refractivity contribution < 1.29 is 18.7 Å². The molecule has 2 heterocycles. The summed E-state index contributed by atoms with van der Waals surface area (Å²) in [6.45, 7) is 6.54. The second-order valence-corrected chi connectivity index (χ2v) is 7.56. The van der Waals surface area contributed by atoms with E-state index in [2.05, 4.69) is 15.5 Å². The van der Waals surface area contributed by atoms with Crippen LogP contribution in [0.5, 0.6) is 0 Å². The Labute approximate surface area is 139 Å². The van der Waals surface area contributed by atoms with Crippen molar-refractivity contribution in [1.82, 2.24) is 20.4 Å². The molecule has 0 aromatic carbocycles. The fourth-order valence-corrected chi connectivity index (χ4v) is 3.65. The minimum atomic E-state index is -0.638. The third-order valence-electron chi connectivity index (χ3n) is 4.65. The number of rotatable bonds is 2. The monoisotopic (exact) mass is 338 g/mol. The molecule has 0 radical (unpaired) electrons. The Hall–Kier alpha value is -2.12. The van der Waals surface area contributed by atoms with E-state index in [4.69, 9.17) is 4.74 Å². The molecule has 1 aliphatic carbocycles. The molecule has 3 rings (SSSR count). The second-order valence-electron chi connectivity index (χ2n) is 7.56. The van der Waals surface area contributed by atoms with Crippen molar-refractivity contribution in [3.05, 3.63) is 17.7 Å². The van der Waals surface area contributed by atoms with E-state index in [9.17, 15) is 14.0 Å². The number of H-pyrrole nitrogens is 1. The summed E-state index contributed by atoms with van der Waals surface area (Å²) >= 11 is 0. The van der Waals surface area contributed by atoms with Crippen LogP contribution in [-0.2, 0) is 4.74 Å².